The number of aliphatic hydroxyl groups is 1. The van der Waals surface area contributed by atoms with Crippen molar-refractivity contribution in [3.05, 3.63) is 41.6 Å². The zero-order valence-corrected chi connectivity index (χ0v) is 16.7. The third kappa shape index (κ3) is 4.27. The molecule has 1 aliphatic carbocycles. The molecule has 1 aromatic carbocycles. The summed E-state index contributed by atoms with van der Waals surface area (Å²) in [5, 5.41) is 16.3. The zero-order valence-electron chi connectivity index (χ0n) is 16.7. The highest BCUT2D eigenvalue weighted by molar-refractivity contribution is 5.59. The number of halogens is 2. The van der Waals surface area contributed by atoms with E-state index in [0.717, 1.165) is 43.1 Å². The zero-order chi connectivity index (χ0) is 20.5. The standard InChI is InChI=1S/C21H27F2N5O/c1-12(2)28-19(26-18-8-3-14(22)10-17(18)23)9-13-11-24-21(27-20(13)28)25-15-4-6-16(29)7-5-15/h3,8,10-12,15-16,19,26,29H,4-7,9H2,1-2H3,(H,24,25,27). The fraction of sp³-hybridized carbons (Fsp3) is 0.524. The number of nitrogens with zero attached hydrogens (tertiary/aromatic N) is 3. The molecule has 6 nitrogen and oxygen atoms in total. The molecule has 8 heteroatoms. The van der Waals surface area contributed by atoms with E-state index in [1.54, 1.807) is 0 Å². The van der Waals surface area contributed by atoms with Gasteiger partial charge in [-0.25, -0.2) is 13.8 Å². The maximum atomic E-state index is 14.1. The van der Waals surface area contributed by atoms with E-state index in [0.29, 0.717) is 12.4 Å². The molecule has 1 saturated carbocycles. The molecule has 1 aromatic heterocycles. The van der Waals surface area contributed by atoms with Gasteiger partial charge in [-0.3, -0.25) is 0 Å². The van der Waals surface area contributed by atoms with E-state index in [-0.39, 0.29) is 30.0 Å². The van der Waals surface area contributed by atoms with Gasteiger partial charge in [-0.05, 0) is 51.7 Å². The Kier molecular flexibility index (Phi) is 5.54. The number of nitrogens with one attached hydrogen (secondary N) is 2. The third-order valence-corrected chi connectivity index (χ3v) is 5.67. The molecule has 1 aliphatic heterocycles. The van der Waals surface area contributed by atoms with Crippen LogP contribution in [0.25, 0.3) is 0 Å². The van der Waals surface area contributed by atoms with Crippen molar-refractivity contribution in [2.24, 2.45) is 0 Å². The van der Waals surface area contributed by atoms with Gasteiger partial charge in [0, 0.05) is 36.3 Å². The second kappa shape index (κ2) is 8.10. The van der Waals surface area contributed by atoms with Crippen LogP contribution in [0.2, 0.25) is 0 Å². The van der Waals surface area contributed by atoms with Gasteiger partial charge in [-0.2, -0.15) is 4.98 Å². The van der Waals surface area contributed by atoms with Crippen LogP contribution in [-0.4, -0.2) is 39.4 Å². The van der Waals surface area contributed by atoms with Crippen LogP contribution in [0.4, 0.5) is 26.2 Å². The maximum Gasteiger partial charge on any atom is 0.224 e. The number of hydrogen-bond donors (Lipinski definition) is 3. The van der Waals surface area contributed by atoms with Crippen LogP contribution >= 0.6 is 0 Å². The molecule has 156 valence electrons. The van der Waals surface area contributed by atoms with Crippen LogP contribution in [0.3, 0.4) is 0 Å². The first-order valence-corrected chi connectivity index (χ1v) is 10.2. The molecule has 0 bridgehead atoms. The number of fused-ring (bicyclic) bond motifs is 1. The first kappa shape index (κ1) is 19.8. The highest BCUT2D eigenvalue weighted by Crippen LogP contribution is 2.34. The van der Waals surface area contributed by atoms with E-state index >= 15 is 0 Å². The maximum absolute atomic E-state index is 14.1. The molecule has 2 aromatic rings. The van der Waals surface area contributed by atoms with E-state index < -0.39 is 11.6 Å². The van der Waals surface area contributed by atoms with Crippen molar-refractivity contribution < 1.29 is 13.9 Å². The summed E-state index contributed by atoms with van der Waals surface area (Å²) in [5.41, 5.74) is 1.25. The number of aliphatic hydroxyl groups excluding tert-OH is 1. The lowest BCUT2D eigenvalue weighted by Gasteiger charge is -2.32. The van der Waals surface area contributed by atoms with E-state index in [4.69, 9.17) is 4.98 Å². The van der Waals surface area contributed by atoms with E-state index in [1.165, 1.54) is 12.1 Å². The summed E-state index contributed by atoms with van der Waals surface area (Å²) >= 11 is 0. The molecule has 0 radical (unpaired) electrons. The minimum atomic E-state index is -0.613. The average Bonchev–Trinajstić information content (AvgIpc) is 3.03. The number of aromatic nitrogens is 2. The summed E-state index contributed by atoms with van der Waals surface area (Å²) < 4.78 is 27.4. The second-order valence-electron chi connectivity index (χ2n) is 8.18. The van der Waals surface area contributed by atoms with Crippen LogP contribution < -0.4 is 15.5 Å². The molecule has 0 amide bonds. The summed E-state index contributed by atoms with van der Waals surface area (Å²) in [5.74, 6) is 0.190. The van der Waals surface area contributed by atoms with Crippen molar-refractivity contribution in [1.29, 1.82) is 0 Å². The molecule has 4 rings (SSSR count). The molecular weight excluding hydrogens is 376 g/mol. The summed E-state index contributed by atoms with van der Waals surface area (Å²) in [6, 6.07) is 3.93. The highest BCUT2D eigenvalue weighted by atomic mass is 19.1. The van der Waals surface area contributed by atoms with Crippen molar-refractivity contribution in [1.82, 2.24) is 9.97 Å². The number of anilines is 3. The van der Waals surface area contributed by atoms with Gasteiger partial charge in [-0.1, -0.05) is 0 Å². The predicted octanol–water partition coefficient (Wildman–Crippen LogP) is 3.68. The van der Waals surface area contributed by atoms with Gasteiger partial charge in [0.2, 0.25) is 5.95 Å². The lowest BCUT2D eigenvalue weighted by Crippen LogP contribution is -2.43. The summed E-state index contributed by atoms with van der Waals surface area (Å²) in [7, 11) is 0. The van der Waals surface area contributed by atoms with E-state index in [1.807, 2.05) is 6.20 Å². The Morgan fingerprint density at radius 3 is 2.59 bits per heavy atom. The molecule has 1 unspecified atom stereocenters. The SMILES string of the molecule is CC(C)N1c2nc(NC3CCC(O)CC3)ncc2CC1Nc1ccc(F)cc1F. The minimum Gasteiger partial charge on any atom is -0.393 e. The monoisotopic (exact) mass is 403 g/mol. The predicted molar refractivity (Wildman–Crippen MR) is 109 cm³/mol. The molecule has 1 atom stereocenters. The van der Waals surface area contributed by atoms with Gasteiger partial charge in [0.1, 0.15) is 23.6 Å². The van der Waals surface area contributed by atoms with Gasteiger partial charge >= 0.3 is 0 Å². The number of benzene rings is 1. The van der Waals surface area contributed by atoms with Crippen LogP contribution in [0.5, 0.6) is 0 Å². The molecular formula is C21H27F2N5O. The summed E-state index contributed by atoms with van der Waals surface area (Å²) in [6.45, 7) is 4.12. The van der Waals surface area contributed by atoms with Gasteiger partial charge in [0.15, 0.2) is 0 Å². The normalized spacial score (nSPS) is 23.9. The van der Waals surface area contributed by atoms with Crippen molar-refractivity contribution >= 4 is 17.5 Å². The van der Waals surface area contributed by atoms with E-state index in [9.17, 15) is 13.9 Å². The fourth-order valence-electron chi connectivity index (χ4n) is 4.20. The first-order chi connectivity index (χ1) is 13.9. The first-order valence-electron chi connectivity index (χ1n) is 10.2. The number of rotatable bonds is 5. The molecule has 29 heavy (non-hydrogen) atoms. The largest absolute Gasteiger partial charge is 0.393 e. The van der Waals surface area contributed by atoms with Gasteiger partial charge in [0.05, 0.1) is 11.8 Å². The van der Waals surface area contributed by atoms with Crippen LogP contribution in [0.15, 0.2) is 24.4 Å². The topological polar surface area (TPSA) is 73.3 Å². The summed E-state index contributed by atoms with van der Waals surface area (Å²) in [6.07, 6.45) is 5.41. The van der Waals surface area contributed by atoms with Crippen LogP contribution in [-0.2, 0) is 6.42 Å². The van der Waals surface area contributed by atoms with Crippen molar-refractivity contribution in [2.45, 2.75) is 70.3 Å². The fourth-order valence-corrected chi connectivity index (χ4v) is 4.20. The molecule has 1 fully saturated rings. The average molecular weight is 403 g/mol. The highest BCUT2D eigenvalue weighted by Gasteiger charge is 2.34. The van der Waals surface area contributed by atoms with E-state index in [2.05, 4.69) is 34.4 Å². The van der Waals surface area contributed by atoms with Gasteiger partial charge < -0.3 is 20.6 Å². The van der Waals surface area contributed by atoms with Crippen LogP contribution in [0.1, 0.15) is 45.1 Å². The summed E-state index contributed by atoms with van der Waals surface area (Å²) in [4.78, 5) is 11.3. The lowest BCUT2D eigenvalue weighted by molar-refractivity contribution is 0.126. The van der Waals surface area contributed by atoms with Crippen molar-refractivity contribution in [2.75, 3.05) is 15.5 Å². The molecule has 0 spiro atoms. The Morgan fingerprint density at radius 2 is 1.90 bits per heavy atom. The molecule has 3 N–H and O–H groups in total. The lowest BCUT2D eigenvalue weighted by atomic mass is 9.93. The molecule has 2 heterocycles. The Morgan fingerprint density at radius 1 is 1.14 bits per heavy atom. The quantitative estimate of drug-likeness (QED) is 0.707. The minimum absolute atomic E-state index is 0.129. The smallest absolute Gasteiger partial charge is 0.224 e. The van der Waals surface area contributed by atoms with Crippen molar-refractivity contribution in [3.63, 3.8) is 0 Å². The Labute approximate surface area is 169 Å². The molecule has 0 saturated heterocycles. The van der Waals surface area contributed by atoms with Crippen LogP contribution in [0, 0.1) is 11.6 Å². The third-order valence-electron chi connectivity index (χ3n) is 5.67. The number of hydrogen-bond acceptors (Lipinski definition) is 6. The van der Waals surface area contributed by atoms with Gasteiger partial charge in [0.25, 0.3) is 0 Å². The second-order valence-corrected chi connectivity index (χ2v) is 8.18. The van der Waals surface area contributed by atoms with Crippen molar-refractivity contribution in [3.8, 4) is 0 Å². The Hall–Kier alpha value is -2.48. The van der Waals surface area contributed by atoms with Gasteiger partial charge in [-0.15, -0.1) is 0 Å². The molecule has 2 aliphatic rings. The Balaban J connectivity index is 1.52. The Bertz CT molecular complexity index is 870.